The van der Waals surface area contributed by atoms with E-state index >= 15 is 0 Å². The van der Waals surface area contributed by atoms with Crippen molar-refractivity contribution in [3.05, 3.63) is 47.8 Å². The highest BCUT2D eigenvalue weighted by molar-refractivity contribution is 6.02. The second-order valence-electron chi connectivity index (χ2n) is 5.29. The second-order valence-corrected chi connectivity index (χ2v) is 5.29. The normalized spacial score (nSPS) is 11.8. The summed E-state index contributed by atoms with van der Waals surface area (Å²) in [5, 5.41) is 1.71. The van der Waals surface area contributed by atoms with Crippen molar-refractivity contribution >= 4 is 16.6 Å². The van der Waals surface area contributed by atoms with Gasteiger partial charge in [-0.2, -0.15) is 0 Å². The molecule has 1 nitrogen and oxygen atoms in total. The average molecular weight is 230 g/mol. The molecule has 17 heavy (non-hydrogen) atoms. The third-order valence-corrected chi connectivity index (χ3v) is 2.75. The zero-order valence-corrected chi connectivity index (χ0v) is 10.3. The van der Waals surface area contributed by atoms with Crippen LogP contribution in [0.5, 0.6) is 0 Å². The molecule has 2 heteroatoms. The Labute approximate surface area is 100 Å². The summed E-state index contributed by atoms with van der Waals surface area (Å²) in [5.41, 5.74) is 0.219. The van der Waals surface area contributed by atoms with Gasteiger partial charge >= 0.3 is 0 Å². The molecule has 0 radical (unpaired) electrons. The molecule has 2 aromatic rings. The minimum absolute atomic E-state index is 0.0728. The Hall–Kier alpha value is -1.70. The summed E-state index contributed by atoms with van der Waals surface area (Å²) >= 11 is 0. The summed E-state index contributed by atoms with van der Waals surface area (Å²) in [6.07, 6.45) is 0. The Morgan fingerprint density at radius 1 is 1.00 bits per heavy atom. The van der Waals surface area contributed by atoms with E-state index in [4.69, 9.17) is 0 Å². The molecule has 0 saturated heterocycles. The summed E-state index contributed by atoms with van der Waals surface area (Å²) in [6, 6.07) is 10.0. The predicted octanol–water partition coefficient (Wildman–Crippen LogP) is 4.21. The largest absolute Gasteiger partial charge is 0.294 e. The molecule has 2 rings (SSSR count). The Bertz CT molecular complexity index is 579. The van der Waals surface area contributed by atoms with Gasteiger partial charge in [0.05, 0.1) is 0 Å². The molecule has 0 N–H and O–H groups in total. The SMILES string of the molecule is CC(C)(C)C(=O)c1ccc2ccc(F)cc2c1. The molecule has 0 spiro atoms. The average Bonchev–Trinajstić information content (AvgIpc) is 2.25. The van der Waals surface area contributed by atoms with E-state index in [1.807, 2.05) is 26.8 Å². The first kappa shape index (κ1) is 11.8. The van der Waals surface area contributed by atoms with Crippen LogP contribution in [-0.4, -0.2) is 5.78 Å². The number of carbonyl (C=O) groups is 1. The van der Waals surface area contributed by atoms with Gasteiger partial charge in [-0.15, -0.1) is 0 Å². The summed E-state index contributed by atoms with van der Waals surface area (Å²) in [6.45, 7) is 5.64. The van der Waals surface area contributed by atoms with Crippen LogP contribution in [0.4, 0.5) is 4.39 Å². The van der Waals surface area contributed by atoms with Crippen LogP contribution in [0.3, 0.4) is 0 Å². The van der Waals surface area contributed by atoms with Crippen molar-refractivity contribution in [2.75, 3.05) is 0 Å². The van der Waals surface area contributed by atoms with Crippen LogP contribution in [0.25, 0.3) is 10.8 Å². The van der Waals surface area contributed by atoms with Gasteiger partial charge in [-0.25, -0.2) is 4.39 Å². The van der Waals surface area contributed by atoms with Gasteiger partial charge in [0.1, 0.15) is 5.82 Å². The molecule has 0 unspecified atom stereocenters. The number of Topliss-reactive ketones (excluding diaryl/α,β-unsaturated/α-hetero) is 1. The van der Waals surface area contributed by atoms with E-state index in [2.05, 4.69) is 0 Å². The van der Waals surface area contributed by atoms with Gasteiger partial charge in [-0.05, 0) is 29.0 Å². The van der Waals surface area contributed by atoms with Crippen LogP contribution < -0.4 is 0 Å². The molecular weight excluding hydrogens is 215 g/mol. The van der Waals surface area contributed by atoms with Gasteiger partial charge in [0.15, 0.2) is 5.78 Å². The Balaban J connectivity index is 2.54. The van der Waals surface area contributed by atoms with Crippen molar-refractivity contribution in [1.29, 1.82) is 0 Å². The fraction of sp³-hybridized carbons (Fsp3) is 0.267. The molecule has 0 amide bonds. The number of halogens is 1. The molecule has 88 valence electrons. The molecule has 0 aliphatic heterocycles. The van der Waals surface area contributed by atoms with E-state index in [9.17, 15) is 9.18 Å². The molecule has 0 atom stereocenters. The third kappa shape index (κ3) is 2.36. The zero-order valence-electron chi connectivity index (χ0n) is 10.3. The van der Waals surface area contributed by atoms with Gasteiger partial charge in [0.2, 0.25) is 0 Å². The number of fused-ring (bicyclic) bond motifs is 1. The van der Waals surface area contributed by atoms with Crippen molar-refractivity contribution in [3.63, 3.8) is 0 Å². The number of hydrogen-bond donors (Lipinski definition) is 0. The first-order valence-electron chi connectivity index (χ1n) is 5.62. The maximum atomic E-state index is 13.1. The van der Waals surface area contributed by atoms with Crippen LogP contribution in [-0.2, 0) is 0 Å². The lowest BCUT2D eigenvalue weighted by Crippen LogP contribution is -2.19. The van der Waals surface area contributed by atoms with Crippen molar-refractivity contribution < 1.29 is 9.18 Å². The summed E-state index contributed by atoms with van der Waals surface area (Å²) in [7, 11) is 0. The van der Waals surface area contributed by atoms with Crippen LogP contribution >= 0.6 is 0 Å². The third-order valence-electron chi connectivity index (χ3n) is 2.75. The summed E-state index contributed by atoms with van der Waals surface area (Å²) in [4.78, 5) is 12.1. The van der Waals surface area contributed by atoms with Gasteiger partial charge in [0, 0.05) is 11.0 Å². The topological polar surface area (TPSA) is 17.1 Å². The lowest BCUT2D eigenvalue weighted by Gasteiger charge is -2.16. The fourth-order valence-electron chi connectivity index (χ4n) is 1.79. The van der Waals surface area contributed by atoms with E-state index in [0.29, 0.717) is 5.56 Å². The van der Waals surface area contributed by atoms with Crippen LogP contribution in [0.1, 0.15) is 31.1 Å². The van der Waals surface area contributed by atoms with Gasteiger partial charge in [-0.3, -0.25) is 4.79 Å². The molecule has 2 aromatic carbocycles. The van der Waals surface area contributed by atoms with E-state index in [0.717, 1.165) is 10.8 Å². The number of benzene rings is 2. The number of rotatable bonds is 1. The van der Waals surface area contributed by atoms with E-state index in [-0.39, 0.29) is 11.6 Å². The lowest BCUT2D eigenvalue weighted by atomic mass is 9.86. The van der Waals surface area contributed by atoms with Crippen LogP contribution in [0.15, 0.2) is 36.4 Å². The molecular formula is C15H15FO. The highest BCUT2D eigenvalue weighted by Gasteiger charge is 2.22. The van der Waals surface area contributed by atoms with Gasteiger partial charge in [0.25, 0.3) is 0 Å². The number of ketones is 1. The Morgan fingerprint density at radius 2 is 1.65 bits per heavy atom. The number of hydrogen-bond acceptors (Lipinski definition) is 1. The number of carbonyl (C=O) groups excluding carboxylic acids is 1. The standard InChI is InChI=1S/C15H15FO/c1-15(2,3)14(17)11-5-4-10-6-7-13(16)9-12(10)8-11/h4-9H,1-3H3. The molecule has 0 aromatic heterocycles. The lowest BCUT2D eigenvalue weighted by molar-refractivity contribution is 0.0858. The van der Waals surface area contributed by atoms with E-state index < -0.39 is 5.41 Å². The fourth-order valence-corrected chi connectivity index (χ4v) is 1.79. The molecule has 0 heterocycles. The molecule has 0 bridgehead atoms. The monoisotopic (exact) mass is 230 g/mol. The molecule has 0 aliphatic carbocycles. The van der Waals surface area contributed by atoms with E-state index in [1.54, 1.807) is 18.2 Å². The predicted molar refractivity (Wildman–Crippen MR) is 67.7 cm³/mol. The first-order chi connectivity index (χ1) is 7.88. The highest BCUT2D eigenvalue weighted by atomic mass is 19.1. The van der Waals surface area contributed by atoms with Gasteiger partial charge in [-0.1, -0.05) is 39.0 Å². The highest BCUT2D eigenvalue weighted by Crippen LogP contribution is 2.24. The smallest absolute Gasteiger partial charge is 0.168 e. The molecule has 0 fully saturated rings. The zero-order chi connectivity index (χ0) is 12.6. The summed E-state index contributed by atoms with van der Waals surface area (Å²) < 4.78 is 13.1. The maximum Gasteiger partial charge on any atom is 0.168 e. The van der Waals surface area contributed by atoms with Crippen molar-refractivity contribution in [2.45, 2.75) is 20.8 Å². The Morgan fingerprint density at radius 3 is 2.29 bits per heavy atom. The van der Waals surface area contributed by atoms with Crippen LogP contribution in [0, 0.1) is 11.2 Å². The van der Waals surface area contributed by atoms with Gasteiger partial charge < -0.3 is 0 Å². The maximum absolute atomic E-state index is 13.1. The summed E-state index contributed by atoms with van der Waals surface area (Å²) in [5.74, 6) is -0.207. The van der Waals surface area contributed by atoms with Crippen molar-refractivity contribution in [3.8, 4) is 0 Å². The molecule has 0 aliphatic rings. The quantitative estimate of drug-likeness (QED) is 0.671. The van der Waals surface area contributed by atoms with Crippen molar-refractivity contribution in [2.24, 2.45) is 5.41 Å². The second kappa shape index (κ2) is 3.95. The van der Waals surface area contributed by atoms with Crippen LogP contribution in [0.2, 0.25) is 0 Å². The minimum atomic E-state index is -0.416. The van der Waals surface area contributed by atoms with Crippen molar-refractivity contribution in [1.82, 2.24) is 0 Å². The molecule has 0 saturated carbocycles. The first-order valence-corrected chi connectivity index (χ1v) is 5.62. The Kier molecular flexibility index (Phi) is 2.74. The minimum Gasteiger partial charge on any atom is -0.294 e. The van der Waals surface area contributed by atoms with E-state index in [1.165, 1.54) is 12.1 Å².